The van der Waals surface area contributed by atoms with E-state index < -0.39 is 5.41 Å². The van der Waals surface area contributed by atoms with Gasteiger partial charge in [-0.05, 0) is 91.2 Å². The summed E-state index contributed by atoms with van der Waals surface area (Å²) >= 11 is 0. The van der Waals surface area contributed by atoms with E-state index in [9.17, 15) is 4.79 Å². The largest absolute Gasteiger partial charge is 0.426 e. The molecule has 2 aliphatic carbocycles. The van der Waals surface area contributed by atoms with Crippen LogP contribution in [0.25, 0.3) is 0 Å². The van der Waals surface area contributed by atoms with Crippen LogP contribution in [0.1, 0.15) is 81.5 Å². The fraction of sp³-hybridized carbons (Fsp3) is 0.519. The third-order valence-corrected chi connectivity index (χ3v) is 7.71. The van der Waals surface area contributed by atoms with Crippen LogP contribution in [-0.2, 0) is 16.6 Å². The summed E-state index contributed by atoms with van der Waals surface area (Å²) in [5.74, 6) is 1.48. The van der Waals surface area contributed by atoms with Crippen molar-refractivity contribution in [2.75, 3.05) is 0 Å². The van der Waals surface area contributed by atoms with E-state index in [4.69, 9.17) is 4.74 Å². The highest BCUT2D eigenvalue weighted by Crippen LogP contribution is 2.57. The maximum Gasteiger partial charge on any atom is 0.317 e. The van der Waals surface area contributed by atoms with Gasteiger partial charge in [0.1, 0.15) is 5.75 Å². The number of benzene rings is 2. The van der Waals surface area contributed by atoms with Crippen LogP contribution in [0.4, 0.5) is 0 Å². The number of rotatable bonds is 3. The zero-order chi connectivity index (χ0) is 20.8. The number of carbonyl (C=O) groups excluding carboxylic acids is 1. The van der Waals surface area contributed by atoms with Crippen LogP contribution < -0.4 is 4.74 Å². The number of fused-ring (bicyclic) bond motifs is 3. The van der Waals surface area contributed by atoms with Crippen LogP contribution >= 0.6 is 0 Å². The van der Waals surface area contributed by atoms with Gasteiger partial charge < -0.3 is 4.74 Å². The number of carbonyl (C=O) groups is 1. The first-order valence-electron chi connectivity index (χ1n) is 11.2. The SMILES string of the molecule is Cc1cccc(OC(=O)[C@]2(C)CCC[C@]3(C)c4ccc(C(C)C)cc4CC[C@@H]23)c1. The Labute approximate surface area is 175 Å². The van der Waals surface area contributed by atoms with Gasteiger partial charge in [-0.15, -0.1) is 0 Å². The highest BCUT2D eigenvalue weighted by Gasteiger charge is 2.55. The highest BCUT2D eigenvalue weighted by molar-refractivity contribution is 5.80. The smallest absolute Gasteiger partial charge is 0.317 e. The number of hydrogen-bond donors (Lipinski definition) is 0. The second kappa shape index (κ2) is 7.31. The summed E-state index contributed by atoms with van der Waals surface area (Å²) in [5.41, 5.74) is 5.09. The Morgan fingerprint density at radius 2 is 1.90 bits per heavy atom. The Bertz CT molecular complexity index is 928. The van der Waals surface area contributed by atoms with E-state index in [1.807, 2.05) is 31.2 Å². The van der Waals surface area contributed by atoms with Gasteiger partial charge in [-0.2, -0.15) is 0 Å². The molecule has 1 fully saturated rings. The molecular formula is C27H34O2. The molecule has 0 spiro atoms. The van der Waals surface area contributed by atoms with Crippen molar-refractivity contribution in [2.45, 2.75) is 78.1 Å². The van der Waals surface area contributed by atoms with E-state index in [1.54, 1.807) is 0 Å². The lowest BCUT2D eigenvalue weighted by Crippen LogP contribution is -2.53. The first-order valence-corrected chi connectivity index (χ1v) is 11.2. The van der Waals surface area contributed by atoms with Gasteiger partial charge in [0.2, 0.25) is 0 Å². The summed E-state index contributed by atoms with van der Waals surface area (Å²) in [6.45, 7) is 11.1. The molecule has 0 aromatic heterocycles. The summed E-state index contributed by atoms with van der Waals surface area (Å²) in [4.78, 5) is 13.4. The average molecular weight is 391 g/mol. The van der Waals surface area contributed by atoms with Gasteiger partial charge in [-0.3, -0.25) is 4.79 Å². The summed E-state index contributed by atoms with van der Waals surface area (Å²) < 4.78 is 5.93. The number of aryl methyl sites for hydroxylation is 2. The van der Waals surface area contributed by atoms with Gasteiger partial charge in [0.25, 0.3) is 0 Å². The van der Waals surface area contributed by atoms with E-state index in [-0.39, 0.29) is 11.4 Å². The lowest BCUT2D eigenvalue weighted by atomic mass is 9.49. The van der Waals surface area contributed by atoms with Gasteiger partial charge in [-0.1, -0.05) is 57.5 Å². The van der Waals surface area contributed by atoms with Gasteiger partial charge in [-0.25, -0.2) is 0 Å². The van der Waals surface area contributed by atoms with Crippen molar-refractivity contribution >= 4 is 5.97 Å². The Balaban J connectivity index is 1.67. The molecule has 0 unspecified atom stereocenters. The Kier molecular flexibility index (Phi) is 5.09. The Morgan fingerprint density at radius 3 is 2.62 bits per heavy atom. The summed E-state index contributed by atoms with van der Waals surface area (Å²) in [5, 5.41) is 0. The van der Waals surface area contributed by atoms with Crippen LogP contribution in [0.3, 0.4) is 0 Å². The third kappa shape index (κ3) is 3.41. The first-order chi connectivity index (χ1) is 13.7. The second-order valence-electron chi connectivity index (χ2n) is 10.1. The quantitative estimate of drug-likeness (QED) is 0.429. The lowest BCUT2D eigenvalue weighted by molar-refractivity contribution is -0.154. The number of ether oxygens (including phenoxy) is 1. The molecule has 2 aromatic rings. The molecule has 154 valence electrons. The molecule has 0 saturated heterocycles. The molecule has 2 heteroatoms. The average Bonchev–Trinajstić information content (AvgIpc) is 2.67. The maximum atomic E-state index is 13.4. The van der Waals surface area contributed by atoms with Crippen LogP contribution in [0.2, 0.25) is 0 Å². The standard InChI is InChI=1S/C27H34O2/c1-18(2)20-10-12-23-21(17-20)11-13-24-26(23,4)14-7-15-27(24,5)25(28)29-22-9-6-8-19(3)16-22/h6,8-10,12,16-18,24H,7,11,13-15H2,1-5H3/t24-,26-,27-/m1/s1. The van der Waals surface area contributed by atoms with Gasteiger partial charge >= 0.3 is 5.97 Å². The van der Waals surface area contributed by atoms with Crippen molar-refractivity contribution in [3.63, 3.8) is 0 Å². The van der Waals surface area contributed by atoms with Gasteiger partial charge in [0, 0.05) is 0 Å². The molecule has 3 atom stereocenters. The first kappa shape index (κ1) is 20.2. The van der Waals surface area contributed by atoms with Crippen molar-refractivity contribution in [3.05, 3.63) is 64.7 Å². The van der Waals surface area contributed by atoms with Crippen molar-refractivity contribution in [1.82, 2.24) is 0 Å². The predicted molar refractivity (Wildman–Crippen MR) is 118 cm³/mol. The Morgan fingerprint density at radius 1 is 1.10 bits per heavy atom. The minimum absolute atomic E-state index is 0.0434. The van der Waals surface area contributed by atoms with Crippen LogP contribution in [0.5, 0.6) is 5.75 Å². The molecule has 0 N–H and O–H groups in total. The monoisotopic (exact) mass is 390 g/mol. The lowest BCUT2D eigenvalue weighted by Gasteiger charge is -2.54. The minimum Gasteiger partial charge on any atom is -0.426 e. The molecule has 2 aromatic carbocycles. The zero-order valence-corrected chi connectivity index (χ0v) is 18.5. The van der Waals surface area contributed by atoms with E-state index in [0.29, 0.717) is 17.6 Å². The van der Waals surface area contributed by atoms with Gasteiger partial charge in [0.15, 0.2) is 0 Å². The normalized spacial score (nSPS) is 28.6. The molecule has 0 amide bonds. The summed E-state index contributed by atoms with van der Waals surface area (Å²) in [6.07, 6.45) is 5.25. The molecule has 1 saturated carbocycles. The molecule has 0 radical (unpaired) electrons. The van der Waals surface area contributed by atoms with E-state index in [0.717, 1.165) is 37.7 Å². The summed E-state index contributed by atoms with van der Waals surface area (Å²) in [7, 11) is 0. The predicted octanol–water partition coefficient (Wildman–Crippen LogP) is 6.73. The third-order valence-electron chi connectivity index (χ3n) is 7.71. The van der Waals surface area contributed by atoms with E-state index >= 15 is 0 Å². The number of esters is 1. The second-order valence-corrected chi connectivity index (χ2v) is 10.1. The fourth-order valence-electron chi connectivity index (χ4n) is 6.02. The van der Waals surface area contributed by atoms with E-state index in [2.05, 4.69) is 45.9 Å². The van der Waals surface area contributed by atoms with Crippen molar-refractivity contribution in [1.29, 1.82) is 0 Å². The Hall–Kier alpha value is -2.09. The minimum atomic E-state index is -0.439. The van der Waals surface area contributed by atoms with Crippen LogP contribution in [-0.4, -0.2) is 5.97 Å². The highest BCUT2D eigenvalue weighted by atomic mass is 16.5. The molecule has 2 aliphatic rings. The van der Waals surface area contributed by atoms with E-state index in [1.165, 1.54) is 16.7 Å². The van der Waals surface area contributed by atoms with Crippen LogP contribution in [0, 0.1) is 18.3 Å². The zero-order valence-electron chi connectivity index (χ0n) is 18.5. The summed E-state index contributed by atoms with van der Waals surface area (Å²) in [6, 6.07) is 14.9. The van der Waals surface area contributed by atoms with Gasteiger partial charge in [0.05, 0.1) is 5.41 Å². The molecule has 4 rings (SSSR count). The molecule has 0 heterocycles. The molecule has 0 aliphatic heterocycles. The fourth-order valence-corrected chi connectivity index (χ4v) is 6.02. The van der Waals surface area contributed by atoms with Crippen molar-refractivity contribution in [2.24, 2.45) is 11.3 Å². The van der Waals surface area contributed by atoms with Crippen molar-refractivity contribution in [3.8, 4) is 5.75 Å². The molecule has 0 bridgehead atoms. The molecule has 29 heavy (non-hydrogen) atoms. The topological polar surface area (TPSA) is 26.3 Å². The number of hydrogen-bond acceptors (Lipinski definition) is 2. The molecule has 2 nitrogen and oxygen atoms in total. The maximum absolute atomic E-state index is 13.4. The molecular weight excluding hydrogens is 356 g/mol. The van der Waals surface area contributed by atoms with Crippen molar-refractivity contribution < 1.29 is 9.53 Å². The van der Waals surface area contributed by atoms with Crippen LogP contribution in [0.15, 0.2) is 42.5 Å².